The van der Waals surface area contributed by atoms with Gasteiger partial charge in [-0.2, -0.15) is 10.4 Å². The van der Waals surface area contributed by atoms with E-state index < -0.39 is 6.36 Å². The van der Waals surface area contributed by atoms with Crippen molar-refractivity contribution in [2.45, 2.75) is 52.6 Å². The number of nitriles is 1. The van der Waals surface area contributed by atoms with Crippen molar-refractivity contribution in [3.8, 4) is 11.8 Å². The van der Waals surface area contributed by atoms with Gasteiger partial charge in [0, 0.05) is 24.2 Å². The number of hydrogen-bond donors (Lipinski definition) is 1. The largest absolute Gasteiger partial charge is 0.573 e. The lowest BCUT2D eigenvalue weighted by Crippen LogP contribution is -2.24. The van der Waals surface area contributed by atoms with Crippen molar-refractivity contribution in [3.63, 3.8) is 0 Å². The predicted octanol–water partition coefficient (Wildman–Crippen LogP) is 3.56. The monoisotopic (exact) mass is 394 g/mol. The molecule has 0 bridgehead atoms. The lowest BCUT2D eigenvalue weighted by Gasteiger charge is -2.13. The van der Waals surface area contributed by atoms with Crippen molar-refractivity contribution < 1.29 is 22.7 Å². The number of rotatable bonds is 8. The Hall–Kier alpha value is -3.02. The van der Waals surface area contributed by atoms with Crippen LogP contribution in [-0.4, -0.2) is 22.1 Å². The molecule has 9 heteroatoms. The van der Waals surface area contributed by atoms with Gasteiger partial charge in [-0.1, -0.05) is 18.2 Å². The Morgan fingerprint density at radius 1 is 1.32 bits per heavy atom. The third-order valence-corrected chi connectivity index (χ3v) is 4.24. The standard InChI is InChI=1S/C19H21F3N4O2/c1-13-16(14(2)26(25-13)11-5-10-23)8-9-18(27)24-12-15-6-3-4-7-17(15)28-19(20,21)22/h3-4,6-7H,5,8-9,11-12H2,1-2H3,(H,24,27). The van der Waals surface area contributed by atoms with Gasteiger partial charge in [0.15, 0.2) is 0 Å². The Morgan fingerprint density at radius 3 is 2.71 bits per heavy atom. The molecule has 150 valence electrons. The van der Waals surface area contributed by atoms with Gasteiger partial charge in [-0.05, 0) is 31.9 Å². The van der Waals surface area contributed by atoms with Gasteiger partial charge in [0.05, 0.1) is 24.7 Å². The number of nitrogens with zero attached hydrogens (tertiary/aromatic N) is 3. The molecule has 0 saturated carbocycles. The van der Waals surface area contributed by atoms with E-state index in [1.165, 1.54) is 18.2 Å². The summed E-state index contributed by atoms with van der Waals surface area (Å²) in [6, 6.07) is 7.75. The number of carbonyl (C=O) groups is 1. The highest BCUT2D eigenvalue weighted by atomic mass is 19.4. The van der Waals surface area contributed by atoms with E-state index >= 15 is 0 Å². The summed E-state index contributed by atoms with van der Waals surface area (Å²) >= 11 is 0. The van der Waals surface area contributed by atoms with Crippen molar-refractivity contribution in [1.82, 2.24) is 15.1 Å². The second-order valence-electron chi connectivity index (χ2n) is 6.21. The number of aromatic nitrogens is 2. The molecule has 0 unspecified atom stereocenters. The van der Waals surface area contributed by atoms with E-state index in [-0.39, 0.29) is 30.2 Å². The van der Waals surface area contributed by atoms with Crippen LogP contribution in [0.15, 0.2) is 24.3 Å². The highest BCUT2D eigenvalue weighted by Gasteiger charge is 2.32. The summed E-state index contributed by atoms with van der Waals surface area (Å²) < 4.78 is 43.1. The first-order valence-corrected chi connectivity index (χ1v) is 8.71. The van der Waals surface area contributed by atoms with Crippen LogP contribution < -0.4 is 10.1 Å². The van der Waals surface area contributed by atoms with E-state index in [0.29, 0.717) is 19.4 Å². The number of amides is 1. The SMILES string of the molecule is Cc1nn(CCC#N)c(C)c1CCC(=O)NCc1ccccc1OC(F)(F)F. The maximum absolute atomic E-state index is 12.4. The van der Waals surface area contributed by atoms with Crippen molar-refractivity contribution >= 4 is 5.91 Å². The van der Waals surface area contributed by atoms with Gasteiger partial charge in [-0.15, -0.1) is 13.2 Å². The zero-order chi connectivity index (χ0) is 20.7. The van der Waals surface area contributed by atoms with E-state index in [1.807, 2.05) is 13.8 Å². The first-order chi connectivity index (χ1) is 13.2. The maximum atomic E-state index is 12.4. The second kappa shape index (κ2) is 9.26. The van der Waals surface area contributed by atoms with Gasteiger partial charge in [-0.3, -0.25) is 9.48 Å². The van der Waals surface area contributed by atoms with Crippen molar-refractivity contribution in [1.29, 1.82) is 5.26 Å². The minimum Gasteiger partial charge on any atom is -0.405 e. The quantitative estimate of drug-likeness (QED) is 0.742. The van der Waals surface area contributed by atoms with Crippen LogP contribution in [0.5, 0.6) is 5.75 Å². The van der Waals surface area contributed by atoms with Crippen molar-refractivity contribution in [2.24, 2.45) is 0 Å². The van der Waals surface area contributed by atoms with Crippen LogP contribution in [0.4, 0.5) is 13.2 Å². The molecule has 1 aromatic carbocycles. The molecule has 1 aromatic heterocycles. The van der Waals surface area contributed by atoms with E-state index in [1.54, 1.807) is 10.7 Å². The molecule has 0 spiro atoms. The van der Waals surface area contributed by atoms with Gasteiger partial charge < -0.3 is 10.1 Å². The minimum absolute atomic E-state index is 0.0650. The molecule has 0 atom stereocenters. The molecule has 0 radical (unpaired) electrons. The smallest absolute Gasteiger partial charge is 0.405 e. The number of halogens is 3. The second-order valence-corrected chi connectivity index (χ2v) is 6.21. The summed E-state index contributed by atoms with van der Waals surface area (Å²) in [7, 11) is 0. The number of para-hydroxylation sites is 1. The first-order valence-electron chi connectivity index (χ1n) is 8.71. The summed E-state index contributed by atoms with van der Waals surface area (Å²) in [5, 5.41) is 15.7. The third kappa shape index (κ3) is 6.01. The van der Waals surface area contributed by atoms with Gasteiger partial charge >= 0.3 is 6.36 Å². The molecule has 1 heterocycles. The highest BCUT2D eigenvalue weighted by Crippen LogP contribution is 2.26. The van der Waals surface area contributed by atoms with Crippen LogP contribution in [0.1, 0.15) is 35.4 Å². The number of nitrogens with one attached hydrogen (secondary N) is 1. The average Bonchev–Trinajstić information content (AvgIpc) is 2.89. The maximum Gasteiger partial charge on any atom is 0.573 e. The molecule has 0 aliphatic heterocycles. The van der Waals surface area contributed by atoms with Crippen LogP contribution >= 0.6 is 0 Å². The minimum atomic E-state index is -4.79. The molecule has 1 N–H and O–H groups in total. The fourth-order valence-corrected chi connectivity index (χ4v) is 2.86. The topological polar surface area (TPSA) is 79.9 Å². The summed E-state index contributed by atoms with van der Waals surface area (Å²) in [4.78, 5) is 12.1. The van der Waals surface area contributed by atoms with Gasteiger partial charge in [0.2, 0.25) is 5.91 Å². The highest BCUT2D eigenvalue weighted by molar-refractivity contribution is 5.76. The molecule has 0 aliphatic carbocycles. The zero-order valence-corrected chi connectivity index (χ0v) is 15.6. The summed E-state index contributed by atoms with van der Waals surface area (Å²) in [5.74, 6) is -0.619. The van der Waals surface area contributed by atoms with E-state index in [0.717, 1.165) is 17.0 Å². The lowest BCUT2D eigenvalue weighted by molar-refractivity contribution is -0.274. The Morgan fingerprint density at radius 2 is 2.04 bits per heavy atom. The third-order valence-electron chi connectivity index (χ3n) is 4.24. The molecular formula is C19H21F3N4O2. The summed E-state index contributed by atoms with van der Waals surface area (Å²) in [6.45, 7) is 4.15. The Kier molecular flexibility index (Phi) is 7.04. The van der Waals surface area contributed by atoms with Crippen molar-refractivity contribution in [2.75, 3.05) is 0 Å². The fourth-order valence-electron chi connectivity index (χ4n) is 2.86. The van der Waals surface area contributed by atoms with Crippen LogP contribution in [0.25, 0.3) is 0 Å². The molecule has 0 saturated heterocycles. The molecule has 2 aromatic rings. The summed E-state index contributed by atoms with van der Waals surface area (Å²) in [6.07, 6.45) is -3.81. The van der Waals surface area contributed by atoms with Crippen LogP contribution in [0.2, 0.25) is 0 Å². The number of aryl methyl sites for hydroxylation is 2. The Balaban J connectivity index is 1.93. The number of ether oxygens (including phenoxy) is 1. The molecule has 0 aliphatic rings. The number of hydrogen-bond acceptors (Lipinski definition) is 4. The Bertz CT molecular complexity index is 869. The number of carbonyl (C=O) groups excluding carboxylic acids is 1. The molecular weight excluding hydrogens is 373 g/mol. The fraction of sp³-hybridized carbons (Fsp3) is 0.421. The molecule has 2 rings (SSSR count). The Labute approximate surface area is 160 Å². The zero-order valence-electron chi connectivity index (χ0n) is 15.6. The molecule has 28 heavy (non-hydrogen) atoms. The normalized spacial score (nSPS) is 11.1. The van der Waals surface area contributed by atoms with E-state index in [2.05, 4.69) is 21.2 Å². The lowest BCUT2D eigenvalue weighted by atomic mass is 10.1. The van der Waals surface area contributed by atoms with Gasteiger partial charge in [0.1, 0.15) is 5.75 Å². The molecule has 1 amide bonds. The summed E-state index contributed by atoms with van der Waals surface area (Å²) in [5.41, 5.74) is 2.88. The first kappa shape index (κ1) is 21.3. The average molecular weight is 394 g/mol. The van der Waals surface area contributed by atoms with Crippen LogP contribution in [-0.2, 0) is 24.3 Å². The molecule has 6 nitrogen and oxygen atoms in total. The van der Waals surface area contributed by atoms with Gasteiger partial charge in [-0.25, -0.2) is 0 Å². The van der Waals surface area contributed by atoms with Gasteiger partial charge in [0.25, 0.3) is 0 Å². The number of alkyl halides is 3. The van der Waals surface area contributed by atoms with E-state index in [4.69, 9.17) is 5.26 Å². The van der Waals surface area contributed by atoms with E-state index in [9.17, 15) is 18.0 Å². The van der Waals surface area contributed by atoms with Crippen LogP contribution in [0.3, 0.4) is 0 Å². The van der Waals surface area contributed by atoms with Crippen molar-refractivity contribution in [3.05, 3.63) is 46.8 Å². The number of benzene rings is 1. The molecule has 0 fully saturated rings. The van der Waals surface area contributed by atoms with Crippen LogP contribution in [0, 0.1) is 25.2 Å². The predicted molar refractivity (Wildman–Crippen MR) is 95.2 cm³/mol.